The summed E-state index contributed by atoms with van der Waals surface area (Å²) < 4.78 is 1.58. The molecule has 5 nitrogen and oxygen atoms in total. The van der Waals surface area contributed by atoms with Crippen LogP contribution in [0.25, 0.3) is 5.69 Å². The number of hydrogen-bond donors (Lipinski definition) is 1. The molecule has 2 N–H and O–H groups in total. The van der Waals surface area contributed by atoms with E-state index in [1.54, 1.807) is 40.2 Å². The van der Waals surface area contributed by atoms with Crippen LogP contribution in [0.2, 0.25) is 10.0 Å². The molecule has 1 aromatic heterocycles. The van der Waals surface area contributed by atoms with E-state index in [2.05, 4.69) is 5.10 Å². The lowest BCUT2D eigenvalue weighted by molar-refractivity contribution is 0.0709. The van der Waals surface area contributed by atoms with Crippen LogP contribution in [-0.4, -0.2) is 39.7 Å². The summed E-state index contributed by atoms with van der Waals surface area (Å²) in [5.41, 5.74) is 7.14. The van der Waals surface area contributed by atoms with Crippen molar-refractivity contribution >= 4 is 29.1 Å². The van der Waals surface area contributed by atoms with Gasteiger partial charge in [0.25, 0.3) is 5.91 Å². The van der Waals surface area contributed by atoms with Gasteiger partial charge in [-0.15, -0.1) is 0 Å². The fraction of sp³-hybridized carbons (Fsp3) is 0.333. The molecule has 0 aliphatic carbocycles. The quantitative estimate of drug-likeness (QED) is 0.915. The van der Waals surface area contributed by atoms with Gasteiger partial charge in [-0.05, 0) is 31.0 Å². The molecule has 1 aliphatic rings. The van der Waals surface area contributed by atoms with Gasteiger partial charge in [0.2, 0.25) is 0 Å². The normalized spacial score (nSPS) is 18.5. The third kappa shape index (κ3) is 3.11. The predicted octanol–water partition coefficient (Wildman–Crippen LogP) is 2.74. The number of aromatic nitrogens is 2. The first-order chi connectivity index (χ1) is 10.5. The highest BCUT2D eigenvalue weighted by atomic mass is 35.5. The molecule has 116 valence electrons. The van der Waals surface area contributed by atoms with E-state index in [1.165, 1.54) is 0 Å². The molecule has 0 unspecified atom stereocenters. The molecule has 0 saturated carbocycles. The molecular formula is C15H16Cl2N4O. The second-order valence-corrected chi connectivity index (χ2v) is 6.27. The molecule has 2 heterocycles. The van der Waals surface area contributed by atoms with Crippen molar-refractivity contribution in [2.75, 3.05) is 13.1 Å². The lowest BCUT2D eigenvalue weighted by Crippen LogP contribution is -2.45. The zero-order valence-corrected chi connectivity index (χ0v) is 13.4. The van der Waals surface area contributed by atoms with Gasteiger partial charge in [0.05, 0.1) is 22.5 Å². The van der Waals surface area contributed by atoms with Gasteiger partial charge in [-0.1, -0.05) is 23.2 Å². The molecule has 22 heavy (non-hydrogen) atoms. The Hall–Kier alpha value is -1.56. The number of benzene rings is 1. The average Bonchev–Trinajstić information content (AvgIpc) is 2.96. The predicted molar refractivity (Wildman–Crippen MR) is 86.7 cm³/mol. The number of rotatable bonds is 2. The van der Waals surface area contributed by atoms with E-state index in [0.717, 1.165) is 19.4 Å². The Morgan fingerprint density at radius 1 is 1.36 bits per heavy atom. The average molecular weight is 339 g/mol. The molecule has 7 heteroatoms. The largest absolute Gasteiger partial charge is 0.337 e. The van der Waals surface area contributed by atoms with Crippen molar-refractivity contribution < 1.29 is 4.79 Å². The molecule has 1 aromatic carbocycles. The number of carbonyl (C=O) groups excluding carboxylic acids is 1. The molecule has 1 amide bonds. The molecule has 1 atom stereocenters. The van der Waals surface area contributed by atoms with Crippen molar-refractivity contribution in [1.82, 2.24) is 14.7 Å². The van der Waals surface area contributed by atoms with Crippen LogP contribution in [0.1, 0.15) is 23.2 Å². The maximum atomic E-state index is 12.5. The van der Waals surface area contributed by atoms with Crippen molar-refractivity contribution in [3.8, 4) is 5.69 Å². The molecule has 1 fully saturated rings. The first-order valence-corrected chi connectivity index (χ1v) is 7.85. The Morgan fingerprint density at radius 2 is 2.18 bits per heavy atom. The Balaban J connectivity index is 1.82. The fourth-order valence-corrected chi connectivity index (χ4v) is 3.10. The van der Waals surface area contributed by atoms with E-state index in [4.69, 9.17) is 28.9 Å². The highest BCUT2D eigenvalue weighted by Gasteiger charge is 2.23. The summed E-state index contributed by atoms with van der Waals surface area (Å²) in [6.07, 6.45) is 5.12. The molecular weight excluding hydrogens is 323 g/mol. The molecule has 0 bridgehead atoms. The van der Waals surface area contributed by atoms with Crippen LogP contribution in [0.4, 0.5) is 0 Å². The lowest BCUT2D eigenvalue weighted by atomic mass is 10.1. The molecule has 0 radical (unpaired) electrons. The Morgan fingerprint density at radius 3 is 2.91 bits per heavy atom. The summed E-state index contributed by atoms with van der Waals surface area (Å²) in [7, 11) is 0. The lowest BCUT2D eigenvalue weighted by Gasteiger charge is -2.30. The summed E-state index contributed by atoms with van der Waals surface area (Å²) in [5, 5.41) is 5.26. The van der Waals surface area contributed by atoms with Gasteiger partial charge in [-0.25, -0.2) is 4.68 Å². The van der Waals surface area contributed by atoms with Gasteiger partial charge in [-0.3, -0.25) is 4.79 Å². The summed E-state index contributed by atoms with van der Waals surface area (Å²) in [6.45, 7) is 1.32. The minimum Gasteiger partial charge on any atom is -0.337 e. The van der Waals surface area contributed by atoms with Gasteiger partial charge < -0.3 is 10.6 Å². The van der Waals surface area contributed by atoms with Crippen molar-refractivity contribution in [3.63, 3.8) is 0 Å². The number of halogens is 2. The Kier molecular flexibility index (Phi) is 4.38. The topological polar surface area (TPSA) is 64.2 Å². The van der Waals surface area contributed by atoms with Crippen LogP contribution in [0.5, 0.6) is 0 Å². The van der Waals surface area contributed by atoms with Crippen LogP contribution >= 0.6 is 23.2 Å². The minimum absolute atomic E-state index is 0.0496. The first kappa shape index (κ1) is 15.3. The van der Waals surface area contributed by atoms with E-state index < -0.39 is 0 Å². The number of amides is 1. The Bertz CT molecular complexity index is 701. The van der Waals surface area contributed by atoms with Gasteiger partial charge in [-0.2, -0.15) is 5.10 Å². The third-order valence-electron chi connectivity index (χ3n) is 3.73. The molecule has 0 spiro atoms. The summed E-state index contributed by atoms with van der Waals surface area (Å²) in [6, 6.07) is 5.20. The first-order valence-electron chi connectivity index (χ1n) is 7.09. The standard InChI is InChI=1S/C15H16Cl2N4O/c16-11-3-4-14(13(17)6-11)21-8-10(7-19-21)15(22)20-5-1-2-12(18)9-20/h3-4,6-8,12H,1-2,5,9,18H2/t12-/m0/s1. The summed E-state index contributed by atoms with van der Waals surface area (Å²) in [5.74, 6) is -0.0496. The van der Waals surface area contributed by atoms with E-state index in [0.29, 0.717) is 27.8 Å². The second kappa shape index (κ2) is 6.28. The van der Waals surface area contributed by atoms with Gasteiger partial charge in [0, 0.05) is 30.4 Å². The van der Waals surface area contributed by atoms with Gasteiger partial charge >= 0.3 is 0 Å². The monoisotopic (exact) mass is 338 g/mol. The number of carbonyl (C=O) groups is 1. The molecule has 1 saturated heterocycles. The van der Waals surface area contributed by atoms with Crippen LogP contribution in [-0.2, 0) is 0 Å². The van der Waals surface area contributed by atoms with Gasteiger partial charge in [0.1, 0.15) is 0 Å². The summed E-state index contributed by atoms with van der Waals surface area (Å²) in [4.78, 5) is 14.3. The third-order valence-corrected chi connectivity index (χ3v) is 4.27. The highest BCUT2D eigenvalue weighted by molar-refractivity contribution is 6.35. The highest BCUT2D eigenvalue weighted by Crippen LogP contribution is 2.24. The Labute approximate surface area is 138 Å². The maximum absolute atomic E-state index is 12.5. The number of likely N-dealkylation sites (tertiary alicyclic amines) is 1. The van der Waals surface area contributed by atoms with Crippen molar-refractivity contribution in [2.24, 2.45) is 5.73 Å². The van der Waals surface area contributed by atoms with E-state index in [1.807, 2.05) is 0 Å². The van der Waals surface area contributed by atoms with Crippen LogP contribution in [0.15, 0.2) is 30.6 Å². The van der Waals surface area contributed by atoms with Crippen LogP contribution in [0.3, 0.4) is 0 Å². The molecule has 2 aromatic rings. The zero-order chi connectivity index (χ0) is 15.7. The number of nitrogens with two attached hydrogens (primary N) is 1. The van der Waals surface area contributed by atoms with E-state index in [-0.39, 0.29) is 11.9 Å². The summed E-state index contributed by atoms with van der Waals surface area (Å²) >= 11 is 12.1. The zero-order valence-electron chi connectivity index (χ0n) is 11.9. The number of hydrogen-bond acceptors (Lipinski definition) is 3. The smallest absolute Gasteiger partial charge is 0.257 e. The fourth-order valence-electron chi connectivity index (χ4n) is 2.61. The minimum atomic E-state index is -0.0496. The maximum Gasteiger partial charge on any atom is 0.257 e. The molecule has 1 aliphatic heterocycles. The molecule has 3 rings (SSSR count). The second-order valence-electron chi connectivity index (χ2n) is 5.42. The van der Waals surface area contributed by atoms with E-state index in [9.17, 15) is 4.79 Å². The van der Waals surface area contributed by atoms with Crippen LogP contribution in [0, 0.1) is 0 Å². The number of piperidine rings is 1. The van der Waals surface area contributed by atoms with Gasteiger partial charge in [0.15, 0.2) is 0 Å². The SMILES string of the molecule is N[C@H]1CCCN(C(=O)c2cnn(-c3ccc(Cl)cc3Cl)c2)C1. The van der Waals surface area contributed by atoms with Crippen LogP contribution < -0.4 is 5.73 Å². The number of nitrogens with zero attached hydrogens (tertiary/aromatic N) is 3. The van der Waals surface area contributed by atoms with Crippen molar-refractivity contribution in [3.05, 3.63) is 46.2 Å². The van der Waals surface area contributed by atoms with Crippen molar-refractivity contribution in [2.45, 2.75) is 18.9 Å². The van der Waals surface area contributed by atoms with Crippen molar-refractivity contribution in [1.29, 1.82) is 0 Å². The van der Waals surface area contributed by atoms with E-state index >= 15 is 0 Å².